The van der Waals surface area contributed by atoms with Crippen molar-refractivity contribution in [3.63, 3.8) is 0 Å². The van der Waals surface area contributed by atoms with Gasteiger partial charge in [0.15, 0.2) is 0 Å². The Hall–Kier alpha value is -2.20. The Labute approximate surface area is 140 Å². The Kier molecular flexibility index (Phi) is 4.72. The molecular formula is C18H19ClN2O2. The van der Waals surface area contributed by atoms with Crippen LogP contribution in [0, 0.1) is 6.92 Å². The van der Waals surface area contributed by atoms with Crippen LogP contribution in [0.1, 0.15) is 23.6 Å². The van der Waals surface area contributed by atoms with Gasteiger partial charge in [-0.05, 0) is 36.8 Å². The lowest BCUT2D eigenvalue weighted by Crippen LogP contribution is -2.35. The summed E-state index contributed by atoms with van der Waals surface area (Å²) in [5.74, 6) is 0.812. The lowest BCUT2D eigenvalue weighted by molar-refractivity contribution is -0.120. The van der Waals surface area contributed by atoms with Gasteiger partial charge < -0.3 is 15.4 Å². The molecule has 0 spiro atoms. The number of halogens is 1. The quantitative estimate of drug-likeness (QED) is 0.898. The van der Waals surface area contributed by atoms with Gasteiger partial charge in [-0.2, -0.15) is 0 Å². The normalized spacial score (nSPS) is 16.2. The number of aryl methyl sites for hydroxylation is 1. The third-order valence-electron chi connectivity index (χ3n) is 3.92. The molecule has 2 aromatic carbocycles. The lowest BCUT2D eigenvalue weighted by atomic mass is 10.0. The third kappa shape index (κ3) is 3.77. The first-order valence-corrected chi connectivity index (χ1v) is 8.02. The molecule has 1 unspecified atom stereocenters. The van der Waals surface area contributed by atoms with Crippen LogP contribution in [0.3, 0.4) is 0 Å². The molecular weight excluding hydrogens is 312 g/mol. The molecule has 4 nitrogen and oxygen atoms in total. The highest BCUT2D eigenvalue weighted by atomic mass is 35.5. The molecule has 0 bridgehead atoms. The first-order chi connectivity index (χ1) is 11.1. The van der Waals surface area contributed by atoms with Crippen molar-refractivity contribution in [3.8, 4) is 5.75 Å². The van der Waals surface area contributed by atoms with E-state index in [9.17, 15) is 4.79 Å². The van der Waals surface area contributed by atoms with Crippen molar-refractivity contribution in [2.24, 2.45) is 0 Å². The van der Waals surface area contributed by atoms with Crippen molar-refractivity contribution in [2.75, 3.05) is 18.5 Å². The van der Waals surface area contributed by atoms with Gasteiger partial charge in [0.25, 0.3) is 0 Å². The summed E-state index contributed by atoms with van der Waals surface area (Å²) in [6, 6.07) is 13.4. The van der Waals surface area contributed by atoms with Gasteiger partial charge in [0, 0.05) is 22.7 Å². The van der Waals surface area contributed by atoms with Crippen LogP contribution in [-0.2, 0) is 4.79 Å². The number of anilines is 1. The standard InChI is InChI=1S/C18H19ClN2O2/c1-12-10-13(19)6-7-15(12)20-11-18(22)21-16-8-9-23-17-5-3-2-4-14(16)17/h2-7,10,16,20H,8-9,11H2,1H3,(H,21,22). The number of benzene rings is 2. The molecule has 0 radical (unpaired) electrons. The summed E-state index contributed by atoms with van der Waals surface area (Å²) in [5, 5.41) is 6.91. The van der Waals surface area contributed by atoms with Gasteiger partial charge in [0.05, 0.1) is 19.2 Å². The summed E-state index contributed by atoms with van der Waals surface area (Å²) in [4.78, 5) is 12.2. The molecule has 5 heteroatoms. The number of carbonyl (C=O) groups is 1. The smallest absolute Gasteiger partial charge is 0.239 e. The molecule has 1 aliphatic heterocycles. The number of para-hydroxylation sites is 1. The summed E-state index contributed by atoms with van der Waals surface area (Å²) in [6.45, 7) is 2.80. The number of ether oxygens (including phenoxy) is 1. The topological polar surface area (TPSA) is 50.4 Å². The summed E-state index contributed by atoms with van der Waals surface area (Å²) >= 11 is 5.94. The average molecular weight is 331 g/mol. The zero-order valence-electron chi connectivity index (χ0n) is 12.9. The van der Waals surface area contributed by atoms with E-state index in [1.165, 1.54) is 0 Å². The van der Waals surface area contributed by atoms with Crippen molar-refractivity contribution in [2.45, 2.75) is 19.4 Å². The van der Waals surface area contributed by atoms with Gasteiger partial charge >= 0.3 is 0 Å². The molecule has 120 valence electrons. The monoisotopic (exact) mass is 330 g/mol. The van der Waals surface area contributed by atoms with Crippen LogP contribution < -0.4 is 15.4 Å². The lowest BCUT2D eigenvalue weighted by Gasteiger charge is -2.26. The summed E-state index contributed by atoms with van der Waals surface area (Å²) < 4.78 is 5.61. The maximum absolute atomic E-state index is 12.2. The van der Waals surface area contributed by atoms with E-state index in [-0.39, 0.29) is 18.5 Å². The number of amides is 1. The second-order valence-electron chi connectivity index (χ2n) is 5.61. The van der Waals surface area contributed by atoms with Gasteiger partial charge in [0.2, 0.25) is 5.91 Å². The number of hydrogen-bond acceptors (Lipinski definition) is 3. The van der Waals surface area contributed by atoms with Crippen LogP contribution in [0.15, 0.2) is 42.5 Å². The maximum Gasteiger partial charge on any atom is 0.239 e. The highest BCUT2D eigenvalue weighted by molar-refractivity contribution is 6.30. The van der Waals surface area contributed by atoms with Crippen LogP contribution in [0.4, 0.5) is 5.69 Å². The fraction of sp³-hybridized carbons (Fsp3) is 0.278. The Morgan fingerprint density at radius 2 is 2.13 bits per heavy atom. The molecule has 1 aliphatic rings. The molecule has 0 fully saturated rings. The second-order valence-corrected chi connectivity index (χ2v) is 6.04. The Balaban J connectivity index is 1.60. The van der Waals surface area contributed by atoms with E-state index in [4.69, 9.17) is 16.3 Å². The zero-order valence-corrected chi connectivity index (χ0v) is 13.7. The predicted octanol–water partition coefficient (Wildman–Crippen LogP) is 3.70. The largest absolute Gasteiger partial charge is 0.493 e. The highest BCUT2D eigenvalue weighted by Gasteiger charge is 2.22. The van der Waals surface area contributed by atoms with E-state index in [2.05, 4.69) is 10.6 Å². The molecule has 1 heterocycles. The van der Waals surface area contributed by atoms with Gasteiger partial charge in [-0.1, -0.05) is 29.8 Å². The van der Waals surface area contributed by atoms with Crippen LogP contribution >= 0.6 is 11.6 Å². The van der Waals surface area contributed by atoms with Crippen LogP contribution in [-0.4, -0.2) is 19.1 Å². The molecule has 2 N–H and O–H groups in total. The Bertz CT molecular complexity index is 718. The van der Waals surface area contributed by atoms with Gasteiger partial charge in [-0.3, -0.25) is 4.79 Å². The zero-order chi connectivity index (χ0) is 16.2. The molecule has 1 atom stereocenters. The van der Waals surface area contributed by atoms with Crippen molar-refractivity contribution >= 4 is 23.2 Å². The van der Waals surface area contributed by atoms with Crippen LogP contribution in [0.2, 0.25) is 5.02 Å². The van der Waals surface area contributed by atoms with E-state index in [0.717, 1.165) is 29.0 Å². The van der Waals surface area contributed by atoms with Gasteiger partial charge in [-0.15, -0.1) is 0 Å². The number of rotatable bonds is 4. The minimum atomic E-state index is -0.0407. The van der Waals surface area contributed by atoms with Crippen LogP contribution in [0.5, 0.6) is 5.75 Å². The summed E-state index contributed by atoms with van der Waals surface area (Å²) in [7, 11) is 0. The second kappa shape index (κ2) is 6.92. The van der Waals surface area contributed by atoms with E-state index >= 15 is 0 Å². The van der Waals surface area contributed by atoms with Crippen molar-refractivity contribution in [1.29, 1.82) is 0 Å². The van der Waals surface area contributed by atoms with E-state index < -0.39 is 0 Å². The first kappa shape index (κ1) is 15.7. The minimum absolute atomic E-state index is 0.000523. The summed E-state index contributed by atoms with van der Waals surface area (Å²) in [6.07, 6.45) is 0.780. The van der Waals surface area contributed by atoms with Crippen molar-refractivity contribution in [3.05, 3.63) is 58.6 Å². The van der Waals surface area contributed by atoms with Gasteiger partial charge in [-0.25, -0.2) is 0 Å². The van der Waals surface area contributed by atoms with Gasteiger partial charge in [0.1, 0.15) is 5.75 Å². The number of nitrogens with one attached hydrogen (secondary N) is 2. The minimum Gasteiger partial charge on any atom is -0.493 e. The molecule has 23 heavy (non-hydrogen) atoms. The molecule has 0 aromatic heterocycles. The first-order valence-electron chi connectivity index (χ1n) is 7.64. The van der Waals surface area contributed by atoms with E-state index in [1.54, 1.807) is 0 Å². The number of hydrogen-bond donors (Lipinski definition) is 2. The number of carbonyl (C=O) groups excluding carboxylic acids is 1. The third-order valence-corrected chi connectivity index (χ3v) is 4.16. The van der Waals surface area contributed by atoms with Crippen LogP contribution in [0.25, 0.3) is 0 Å². The summed E-state index contributed by atoms with van der Waals surface area (Å²) in [5.41, 5.74) is 2.97. The fourth-order valence-corrected chi connectivity index (χ4v) is 2.96. The van der Waals surface area contributed by atoms with Crippen molar-refractivity contribution < 1.29 is 9.53 Å². The highest BCUT2D eigenvalue weighted by Crippen LogP contribution is 2.31. The molecule has 3 rings (SSSR count). The Morgan fingerprint density at radius 1 is 1.30 bits per heavy atom. The molecule has 0 aliphatic carbocycles. The predicted molar refractivity (Wildman–Crippen MR) is 92.1 cm³/mol. The van der Waals surface area contributed by atoms with E-state index in [0.29, 0.717) is 11.6 Å². The molecule has 0 saturated carbocycles. The molecule has 0 saturated heterocycles. The fourth-order valence-electron chi connectivity index (χ4n) is 2.74. The molecule has 1 amide bonds. The SMILES string of the molecule is Cc1cc(Cl)ccc1NCC(=O)NC1CCOc2ccccc21. The Morgan fingerprint density at radius 3 is 2.96 bits per heavy atom. The number of fused-ring (bicyclic) bond motifs is 1. The van der Waals surface area contributed by atoms with Crippen molar-refractivity contribution in [1.82, 2.24) is 5.32 Å². The maximum atomic E-state index is 12.2. The van der Waals surface area contributed by atoms with E-state index in [1.807, 2.05) is 49.4 Å². The molecule has 2 aromatic rings. The average Bonchev–Trinajstić information content (AvgIpc) is 2.54.